The number of nitrogens with one attached hydrogen (secondary N) is 1. The van der Waals surface area contributed by atoms with Crippen LogP contribution in [0.2, 0.25) is 0 Å². The van der Waals surface area contributed by atoms with Crippen molar-refractivity contribution >= 4 is 28.2 Å². The number of para-hydroxylation sites is 1. The van der Waals surface area contributed by atoms with Gasteiger partial charge in [-0.3, -0.25) is 9.78 Å². The molecule has 1 aromatic heterocycles. The number of carbonyl (C=O) groups is 1. The normalized spacial score (nSPS) is 10.5. The second-order valence-electron chi connectivity index (χ2n) is 5.67. The molecule has 0 fully saturated rings. The average molecular weight is 336 g/mol. The van der Waals surface area contributed by atoms with E-state index in [0.717, 1.165) is 39.3 Å². The second-order valence-corrected chi connectivity index (χ2v) is 5.67. The van der Waals surface area contributed by atoms with E-state index in [2.05, 4.69) is 10.3 Å². The minimum Gasteiger partial charge on any atom is -0.497 e. The first-order valence-corrected chi connectivity index (χ1v) is 7.98. The van der Waals surface area contributed by atoms with Gasteiger partial charge in [-0.25, -0.2) is 0 Å². The number of ether oxygens (including phenoxy) is 2. The third kappa shape index (κ3) is 3.55. The van der Waals surface area contributed by atoms with E-state index in [0.29, 0.717) is 0 Å². The number of anilines is 2. The number of rotatable bonds is 5. The highest BCUT2D eigenvalue weighted by molar-refractivity contribution is 5.96. The lowest BCUT2D eigenvalue weighted by Crippen LogP contribution is -2.10. The van der Waals surface area contributed by atoms with Crippen LogP contribution in [0.5, 0.6) is 5.75 Å². The number of carbonyl (C=O) groups excluding carboxylic acids is 1. The molecule has 0 radical (unpaired) electrons. The number of fused-ring (bicyclic) bond motifs is 1. The summed E-state index contributed by atoms with van der Waals surface area (Å²) >= 11 is 0. The van der Waals surface area contributed by atoms with Crippen molar-refractivity contribution in [3.8, 4) is 5.75 Å². The Labute approximate surface area is 146 Å². The van der Waals surface area contributed by atoms with Crippen LogP contribution in [0, 0.1) is 6.92 Å². The molecule has 0 saturated heterocycles. The molecule has 0 bridgehead atoms. The van der Waals surface area contributed by atoms with Crippen LogP contribution in [0.25, 0.3) is 10.9 Å². The molecule has 1 N–H and O–H groups in total. The van der Waals surface area contributed by atoms with Gasteiger partial charge in [0, 0.05) is 22.3 Å². The molecule has 0 aliphatic carbocycles. The lowest BCUT2D eigenvalue weighted by molar-refractivity contribution is -0.139. The lowest BCUT2D eigenvalue weighted by atomic mass is 10.0. The van der Waals surface area contributed by atoms with Gasteiger partial charge in [0.1, 0.15) is 5.75 Å². The van der Waals surface area contributed by atoms with Crippen molar-refractivity contribution < 1.29 is 14.3 Å². The Kier molecular flexibility index (Phi) is 4.84. The van der Waals surface area contributed by atoms with Crippen molar-refractivity contribution in [2.24, 2.45) is 0 Å². The number of hydrogen-bond acceptors (Lipinski definition) is 5. The molecule has 0 saturated carbocycles. The average Bonchev–Trinajstić information content (AvgIpc) is 2.64. The van der Waals surface area contributed by atoms with Crippen molar-refractivity contribution in [1.29, 1.82) is 0 Å². The Balaban J connectivity index is 2.11. The first-order chi connectivity index (χ1) is 12.1. The fourth-order valence-corrected chi connectivity index (χ4v) is 2.77. The quantitative estimate of drug-likeness (QED) is 0.713. The number of aromatic nitrogens is 1. The molecule has 5 heteroatoms. The van der Waals surface area contributed by atoms with Crippen molar-refractivity contribution in [2.45, 2.75) is 13.3 Å². The molecule has 128 valence electrons. The molecule has 1 heterocycles. The number of hydrogen-bond donors (Lipinski definition) is 1. The summed E-state index contributed by atoms with van der Waals surface area (Å²) in [6, 6.07) is 15.5. The van der Waals surface area contributed by atoms with E-state index in [4.69, 9.17) is 9.47 Å². The number of esters is 1. The van der Waals surface area contributed by atoms with Crippen LogP contribution in [0.15, 0.2) is 48.5 Å². The van der Waals surface area contributed by atoms with Crippen LogP contribution in [0.1, 0.15) is 11.3 Å². The fourth-order valence-electron chi connectivity index (χ4n) is 2.77. The molecule has 5 nitrogen and oxygen atoms in total. The van der Waals surface area contributed by atoms with Crippen LogP contribution in [0.4, 0.5) is 11.4 Å². The zero-order chi connectivity index (χ0) is 17.8. The maximum atomic E-state index is 11.9. The molecule has 3 rings (SSSR count). The third-order valence-corrected chi connectivity index (χ3v) is 4.11. The van der Waals surface area contributed by atoms with Crippen molar-refractivity contribution in [3.63, 3.8) is 0 Å². The van der Waals surface area contributed by atoms with Gasteiger partial charge in [-0.05, 0) is 37.3 Å². The van der Waals surface area contributed by atoms with Crippen LogP contribution >= 0.6 is 0 Å². The summed E-state index contributed by atoms with van der Waals surface area (Å²) in [6.45, 7) is 1.91. The van der Waals surface area contributed by atoms with Crippen molar-refractivity contribution in [3.05, 3.63) is 59.8 Å². The van der Waals surface area contributed by atoms with Gasteiger partial charge in [0.05, 0.1) is 31.8 Å². The summed E-state index contributed by atoms with van der Waals surface area (Å²) in [5.74, 6) is 0.495. The Hall–Kier alpha value is -3.08. The lowest BCUT2D eigenvalue weighted by Gasteiger charge is -2.17. The zero-order valence-electron chi connectivity index (χ0n) is 14.5. The highest BCUT2D eigenvalue weighted by Gasteiger charge is 2.16. The molecule has 0 amide bonds. The second kappa shape index (κ2) is 7.21. The molecule has 0 spiro atoms. The Morgan fingerprint density at radius 3 is 2.48 bits per heavy atom. The predicted molar refractivity (Wildman–Crippen MR) is 98.5 cm³/mol. The van der Waals surface area contributed by atoms with E-state index in [-0.39, 0.29) is 12.4 Å². The number of methoxy groups -OCH3 is 2. The van der Waals surface area contributed by atoms with E-state index in [1.54, 1.807) is 7.11 Å². The van der Waals surface area contributed by atoms with E-state index >= 15 is 0 Å². The van der Waals surface area contributed by atoms with Crippen LogP contribution in [-0.4, -0.2) is 25.2 Å². The van der Waals surface area contributed by atoms with Gasteiger partial charge < -0.3 is 14.8 Å². The number of pyridine rings is 1. The van der Waals surface area contributed by atoms with Crippen molar-refractivity contribution in [2.75, 3.05) is 19.5 Å². The van der Waals surface area contributed by atoms with Crippen LogP contribution in [0.3, 0.4) is 0 Å². The Morgan fingerprint density at radius 2 is 1.80 bits per heavy atom. The van der Waals surface area contributed by atoms with Gasteiger partial charge in [0.25, 0.3) is 0 Å². The maximum absolute atomic E-state index is 11.9. The standard InChI is InChI=1S/C20H20N2O3/c1-13-17(12-19(23)25-3)20(16-6-4-5-7-18(16)21-13)22-14-8-10-15(24-2)11-9-14/h4-11H,12H2,1-3H3,(H,21,22). The molecular formula is C20H20N2O3. The first-order valence-electron chi connectivity index (χ1n) is 7.98. The summed E-state index contributed by atoms with van der Waals surface area (Å²) in [5, 5.41) is 4.39. The largest absolute Gasteiger partial charge is 0.497 e. The highest BCUT2D eigenvalue weighted by atomic mass is 16.5. The number of nitrogens with zero attached hydrogens (tertiary/aromatic N) is 1. The summed E-state index contributed by atoms with van der Waals surface area (Å²) < 4.78 is 10.0. The molecule has 3 aromatic rings. The minimum atomic E-state index is -0.294. The van der Waals surface area contributed by atoms with E-state index < -0.39 is 0 Å². The molecule has 0 aliphatic rings. The molecule has 0 aliphatic heterocycles. The number of benzene rings is 2. The Morgan fingerprint density at radius 1 is 1.08 bits per heavy atom. The van der Waals surface area contributed by atoms with Gasteiger partial charge >= 0.3 is 5.97 Å². The van der Waals surface area contributed by atoms with E-state index in [9.17, 15) is 4.79 Å². The van der Waals surface area contributed by atoms with Gasteiger partial charge in [-0.15, -0.1) is 0 Å². The maximum Gasteiger partial charge on any atom is 0.310 e. The summed E-state index contributed by atoms with van der Waals surface area (Å²) in [4.78, 5) is 16.5. The van der Waals surface area contributed by atoms with Gasteiger partial charge in [-0.2, -0.15) is 0 Å². The zero-order valence-corrected chi connectivity index (χ0v) is 14.5. The van der Waals surface area contributed by atoms with Gasteiger partial charge in [0.2, 0.25) is 0 Å². The highest BCUT2D eigenvalue weighted by Crippen LogP contribution is 2.32. The summed E-state index contributed by atoms with van der Waals surface area (Å²) in [5.41, 5.74) is 4.30. The number of aryl methyl sites for hydroxylation is 1. The molecule has 2 aromatic carbocycles. The van der Waals surface area contributed by atoms with E-state index in [1.165, 1.54) is 7.11 Å². The van der Waals surface area contributed by atoms with Crippen molar-refractivity contribution in [1.82, 2.24) is 4.98 Å². The molecular weight excluding hydrogens is 316 g/mol. The Bertz CT molecular complexity index is 905. The van der Waals surface area contributed by atoms with E-state index in [1.807, 2.05) is 55.5 Å². The van der Waals surface area contributed by atoms with Crippen LogP contribution in [-0.2, 0) is 16.0 Å². The minimum absolute atomic E-state index is 0.165. The topological polar surface area (TPSA) is 60.5 Å². The van der Waals surface area contributed by atoms with Gasteiger partial charge in [0.15, 0.2) is 0 Å². The SMILES string of the molecule is COC(=O)Cc1c(C)nc2ccccc2c1Nc1ccc(OC)cc1. The molecule has 0 unspecified atom stereocenters. The first kappa shape index (κ1) is 16.8. The summed E-state index contributed by atoms with van der Waals surface area (Å²) in [7, 11) is 3.03. The smallest absolute Gasteiger partial charge is 0.310 e. The molecule has 25 heavy (non-hydrogen) atoms. The summed E-state index contributed by atoms with van der Waals surface area (Å²) in [6.07, 6.45) is 0.165. The van der Waals surface area contributed by atoms with Crippen LogP contribution < -0.4 is 10.1 Å². The molecule has 0 atom stereocenters. The monoisotopic (exact) mass is 336 g/mol. The predicted octanol–water partition coefficient (Wildman–Crippen LogP) is 4.01. The third-order valence-electron chi connectivity index (χ3n) is 4.11. The van der Waals surface area contributed by atoms with Gasteiger partial charge in [-0.1, -0.05) is 18.2 Å². The fraction of sp³-hybridized carbons (Fsp3) is 0.200.